The predicted octanol–water partition coefficient (Wildman–Crippen LogP) is 7.09. The number of urea groups is 1. The van der Waals surface area contributed by atoms with E-state index in [1.54, 1.807) is 19.2 Å². The van der Waals surface area contributed by atoms with Crippen LogP contribution in [0.2, 0.25) is 5.02 Å². The third-order valence-corrected chi connectivity index (χ3v) is 8.12. The lowest BCUT2D eigenvalue weighted by molar-refractivity contribution is 0.160. The smallest absolute Gasteiger partial charge is 0.326 e. The van der Waals surface area contributed by atoms with Gasteiger partial charge in [0.15, 0.2) is 0 Å². The zero-order chi connectivity index (χ0) is 25.4. The Balaban J connectivity index is 1.21. The van der Waals surface area contributed by atoms with E-state index in [1.807, 2.05) is 29.2 Å². The standard InChI is InChI=1S/C31H30ClN3O2/c1-37-27-11-12-29-28(19-27)31(21-35(29)30(36)33-26-8-4-7-25(32)18-26)13-15-34(16-14-31)20-22-9-10-23-5-2-3-6-24(23)17-22/h2-12,17-19H,13-16,20-21H2,1H3,(H,33,36). The molecule has 0 aromatic heterocycles. The number of amides is 2. The first kappa shape index (κ1) is 23.8. The van der Waals surface area contributed by atoms with Gasteiger partial charge in [-0.15, -0.1) is 0 Å². The van der Waals surface area contributed by atoms with Gasteiger partial charge in [0.05, 0.1) is 7.11 Å². The molecule has 4 aromatic carbocycles. The minimum Gasteiger partial charge on any atom is -0.497 e. The molecule has 2 aliphatic heterocycles. The molecular formula is C31H30ClN3O2. The molecule has 0 radical (unpaired) electrons. The average Bonchev–Trinajstić information content (AvgIpc) is 3.23. The third-order valence-electron chi connectivity index (χ3n) is 7.88. The maximum absolute atomic E-state index is 13.4. The normalized spacial score (nSPS) is 16.6. The molecule has 188 valence electrons. The second-order valence-electron chi connectivity index (χ2n) is 10.1. The van der Waals surface area contributed by atoms with Crippen LogP contribution in [-0.2, 0) is 12.0 Å². The van der Waals surface area contributed by atoms with Crippen molar-refractivity contribution in [1.29, 1.82) is 0 Å². The number of ether oxygens (including phenoxy) is 1. The van der Waals surface area contributed by atoms with Crippen molar-refractivity contribution in [3.63, 3.8) is 0 Å². The van der Waals surface area contributed by atoms with Crippen molar-refractivity contribution in [3.05, 3.63) is 101 Å². The van der Waals surface area contributed by atoms with Gasteiger partial charge >= 0.3 is 6.03 Å². The summed E-state index contributed by atoms with van der Waals surface area (Å²) >= 11 is 6.14. The number of hydrogen-bond acceptors (Lipinski definition) is 3. The van der Waals surface area contributed by atoms with Gasteiger partial charge in [-0.2, -0.15) is 0 Å². The molecule has 0 aliphatic carbocycles. The van der Waals surface area contributed by atoms with E-state index in [0.29, 0.717) is 17.3 Å². The summed E-state index contributed by atoms with van der Waals surface area (Å²) in [6.07, 6.45) is 1.98. The number of carbonyl (C=O) groups is 1. The number of halogens is 1. The van der Waals surface area contributed by atoms with Crippen molar-refractivity contribution >= 4 is 39.8 Å². The van der Waals surface area contributed by atoms with Crippen molar-refractivity contribution < 1.29 is 9.53 Å². The van der Waals surface area contributed by atoms with Crippen LogP contribution in [0.5, 0.6) is 5.75 Å². The zero-order valence-corrected chi connectivity index (χ0v) is 21.7. The maximum Gasteiger partial charge on any atom is 0.326 e. The predicted molar refractivity (Wildman–Crippen MR) is 151 cm³/mol. The quantitative estimate of drug-likeness (QED) is 0.318. The Hall–Kier alpha value is -3.54. The Kier molecular flexibility index (Phi) is 6.27. The first-order chi connectivity index (χ1) is 18.0. The summed E-state index contributed by atoms with van der Waals surface area (Å²) in [7, 11) is 1.69. The second-order valence-corrected chi connectivity index (χ2v) is 10.6. The molecule has 2 heterocycles. The highest BCUT2D eigenvalue weighted by Gasteiger charge is 2.46. The number of benzene rings is 4. The van der Waals surface area contributed by atoms with E-state index in [9.17, 15) is 4.79 Å². The number of carbonyl (C=O) groups excluding carboxylic acids is 1. The van der Waals surface area contributed by atoms with E-state index in [0.717, 1.165) is 43.9 Å². The summed E-state index contributed by atoms with van der Waals surface area (Å²) in [5.74, 6) is 0.828. The highest BCUT2D eigenvalue weighted by molar-refractivity contribution is 6.30. The molecule has 2 aliphatic rings. The highest BCUT2D eigenvalue weighted by Crippen LogP contribution is 2.48. The molecule has 5 nitrogen and oxygen atoms in total. The largest absolute Gasteiger partial charge is 0.497 e. The molecule has 1 fully saturated rings. The number of rotatable bonds is 4. The minimum atomic E-state index is -0.135. The van der Waals surface area contributed by atoms with Gasteiger partial charge in [-0.3, -0.25) is 9.80 Å². The Morgan fingerprint density at radius 1 is 0.946 bits per heavy atom. The maximum atomic E-state index is 13.4. The minimum absolute atomic E-state index is 0.0879. The number of nitrogens with one attached hydrogen (secondary N) is 1. The molecule has 0 bridgehead atoms. The van der Waals surface area contributed by atoms with Crippen molar-refractivity contribution in [2.45, 2.75) is 24.8 Å². The molecule has 0 saturated carbocycles. The molecule has 4 aromatic rings. The molecule has 37 heavy (non-hydrogen) atoms. The number of methoxy groups -OCH3 is 1. The van der Waals surface area contributed by atoms with Crippen LogP contribution >= 0.6 is 11.6 Å². The van der Waals surface area contributed by atoms with Crippen LogP contribution < -0.4 is 15.0 Å². The molecule has 1 spiro atoms. The van der Waals surface area contributed by atoms with Crippen LogP contribution in [-0.4, -0.2) is 37.7 Å². The lowest BCUT2D eigenvalue weighted by Crippen LogP contribution is -2.46. The summed E-state index contributed by atoms with van der Waals surface area (Å²) < 4.78 is 5.57. The van der Waals surface area contributed by atoms with Crippen LogP contribution in [0.15, 0.2) is 84.9 Å². The van der Waals surface area contributed by atoms with Gasteiger partial charge in [0, 0.05) is 34.9 Å². The van der Waals surface area contributed by atoms with Gasteiger partial charge in [-0.25, -0.2) is 4.79 Å². The van der Waals surface area contributed by atoms with Crippen molar-refractivity contribution in [1.82, 2.24) is 4.90 Å². The second kappa shape index (κ2) is 9.73. The summed E-state index contributed by atoms with van der Waals surface area (Å²) in [5, 5.41) is 6.19. The molecule has 0 unspecified atom stereocenters. The van der Waals surface area contributed by atoms with E-state index < -0.39 is 0 Å². The first-order valence-electron chi connectivity index (χ1n) is 12.8. The SMILES string of the molecule is COc1ccc2c(c1)C1(CCN(Cc3ccc4ccccc4c3)CC1)CN2C(=O)Nc1cccc(Cl)c1. The fraction of sp³-hybridized carbons (Fsp3) is 0.258. The van der Waals surface area contributed by atoms with E-state index in [2.05, 4.69) is 58.7 Å². The third kappa shape index (κ3) is 4.65. The molecule has 0 atom stereocenters. The van der Waals surface area contributed by atoms with Crippen LogP contribution in [0, 0.1) is 0 Å². The summed E-state index contributed by atoms with van der Waals surface area (Å²) in [6.45, 7) is 3.55. The van der Waals surface area contributed by atoms with Crippen LogP contribution in [0.1, 0.15) is 24.0 Å². The topological polar surface area (TPSA) is 44.8 Å². The summed E-state index contributed by atoms with van der Waals surface area (Å²) in [4.78, 5) is 17.8. The van der Waals surface area contributed by atoms with Gasteiger partial charge in [0.1, 0.15) is 5.75 Å². The Labute approximate surface area is 222 Å². The lowest BCUT2D eigenvalue weighted by atomic mass is 9.74. The zero-order valence-electron chi connectivity index (χ0n) is 20.9. The van der Waals surface area contributed by atoms with Crippen LogP contribution in [0.4, 0.5) is 16.2 Å². The number of fused-ring (bicyclic) bond motifs is 3. The van der Waals surface area contributed by atoms with Gasteiger partial charge in [-0.1, -0.05) is 54.1 Å². The monoisotopic (exact) mass is 511 g/mol. The number of piperidine rings is 1. The Morgan fingerprint density at radius 2 is 1.76 bits per heavy atom. The molecule has 1 saturated heterocycles. The van der Waals surface area contributed by atoms with Gasteiger partial charge in [0.2, 0.25) is 0 Å². The fourth-order valence-corrected chi connectivity index (χ4v) is 6.07. The number of anilines is 2. The lowest BCUT2D eigenvalue weighted by Gasteiger charge is -2.40. The molecule has 6 rings (SSSR count). The van der Waals surface area contributed by atoms with Gasteiger partial charge in [0.25, 0.3) is 0 Å². The number of hydrogen-bond donors (Lipinski definition) is 1. The van der Waals surface area contributed by atoms with Crippen molar-refractivity contribution in [2.24, 2.45) is 0 Å². The molecule has 6 heteroatoms. The number of nitrogens with zero attached hydrogens (tertiary/aromatic N) is 2. The van der Waals surface area contributed by atoms with Gasteiger partial charge < -0.3 is 10.1 Å². The van der Waals surface area contributed by atoms with E-state index in [1.165, 1.54) is 21.9 Å². The van der Waals surface area contributed by atoms with Crippen molar-refractivity contribution in [2.75, 3.05) is 37.0 Å². The van der Waals surface area contributed by atoms with E-state index in [4.69, 9.17) is 16.3 Å². The Morgan fingerprint density at radius 3 is 2.54 bits per heavy atom. The highest BCUT2D eigenvalue weighted by atomic mass is 35.5. The van der Waals surface area contributed by atoms with Crippen molar-refractivity contribution in [3.8, 4) is 5.75 Å². The van der Waals surface area contributed by atoms with Crippen LogP contribution in [0.25, 0.3) is 10.8 Å². The Bertz CT molecular complexity index is 1460. The van der Waals surface area contributed by atoms with Crippen LogP contribution in [0.3, 0.4) is 0 Å². The summed E-state index contributed by atoms with van der Waals surface area (Å²) in [5.41, 5.74) is 4.11. The molecular weight excluding hydrogens is 482 g/mol. The first-order valence-corrected chi connectivity index (χ1v) is 13.1. The fourth-order valence-electron chi connectivity index (χ4n) is 5.88. The summed E-state index contributed by atoms with van der Waals surface area (Å²) in [6, 6.07) is 28.5. The van der Waals surface area contributed by atoms with Gasteiger partial charge in [-0.05, 0) is 90.3 Å². The number of likely N-dealkylation sites (tertiary alicyclic amines) is 1. The van der Waals surface area contributed by atoms with E-state index >= 15 is 0 Å². The molecule has 2 amide bonds. The average molecular weight is 512 g/mol. The molecule has 1 N–H and O–H groups in total. The van der Waals surface area contributed by atoms with E-state index in [-0.39, 0.29) is 11.4 Å².